The van der Waals surface area contributed by atoms with Gasteiger partial charge in [0, 0.05) is 12.1 Å². The van der Waals surface area contributed by atoms with Crippen LogP contribution in [0.1, 0.15) is 68.9 Å². The van der Waals surface area contributed by atoms with E-state index >= 15 is 0 Å². The first kappa shape index (κ1) is 16.4. The van der Waals surface area contributed by atoms with Gasteiger partial charge in [0.05, 0.1) is 5.38 Å². The lowest BCUT2D eigenvalue weighted by molar-refractivity contribution is -0.116. The summed E-state index contributed by atoms with van der Waals surface area (Å²) in [6.45, 7) is 4.44. The fourth-order valence-corrected chi connectivity index (χ4v) is 3.60. The molecule has 1 aliphatic heterocycles. The lowest BCUT2D eigenvalue weighted by Crippen LogP contribution is -2.10. The molecule has 2 nitrogen and oxygen atoms in total. The first-order valence-corrected chi connectivity index (χ1v) is 8.66. The molecule has 1 aromatic rings. The van der Waals surface area contributed by atoms with Crippen molar-refractivity contribution in [2.75, 3.05) is 5.32 Å². The summed E-state index contributed by atoms with van der Waals surface area (Å²) >= 11 is 6.75. The van der Waals surface area contributed by atoms with Gasteiger partial charge in [0.15, 0.2) is 0 Å². The third kappa shape index (κ3) is 4.23. The fourth-order valence-electron chi connectivity index (χ4n) is 3.22. The number of halogens is 1. The van der Waals surface area contributed by atoms with Gasteiger partial charge in [-0.25, -0.2) is 0 Å². The maximum Gasteiger partial charge on any atom is 0.224 e. The van der Waals surface area contributed by atoms with E-state index < -0.39 is 0 Å². The average molecular weight is 308 g/mol. The van der Waals surface area contributed by atoms with E-state index in [1.165, 1.54) is 36.8 Å². The van der Waals surface area contributed by atoms with E-state index in [4.69, 9.17) is 11.6 Å². The highest BCUT2D eigenvalue weighted by molar-refractivity contribution is 6.21. The van der Waals surface area contributed by atoms with Crippen molar-refractivity contribution in [3.63, 3.8) is 0 Å². The largest absolute Gasteiger partial charge is 0.326 e. The molecule has 1 heterocycles. The van der Waals surface area contributed by atoms with Crippen LogP contribution in [-0.4, -0.2) is 5.91 Å². The van der Waals surface area contributed by atoms with Gasteiger partial charge in [-0.3, -0.25) is 4.79 Å². The normalized spacial score (nSPS) is 16.3. The highest BCUT2D eigenvalue weighted by Gasteiger charge is 2.21. The molecule has 0 fully saturated rings. The Kier molecular flexibility index (Phi) is 6.10. The van der Waals surface area contributed by atoms with Crippen LogP contribution in [0.15, 0.2) is 18.2 Å². The third-order valence-corrected chi connectivity index (χ3v) is 4.91. The van der Waals surface area contributed by atoms with E-state index in [1.807, 2.05) is 6.07 Å². The zero-order chi connectivity index (χ0) is 15.2. The molecule has 0 radical (unpaired) electrons. The highest BCUT2D eigenvalue weighted by atomic mass is 35.5. The van der Waals surface area contributed by atoms with Crippen LogP contribution in [0.3, 0.4) is 0 Å². The predicted octanol–water partition coefficient (Wildman–Crippen LogP) is 5.46. The molecule has 1 aromatic carbocycles. The second-order valence-electron chi connectivity index (χ2n) is 6.06. The Bertz CT molecular complexity index is 480. The van der Waals surface area contributed by atoms with Gasteiger partial charge in [-0.2, -0.15) is 0 Å². The van der Waals surface area contributed by atoms with E-state index in [2.05, 4.69) is 31.3 Å². The zero-order valence-corrected chi connectivity index (χ0v) is 13.9. The van der Waals surface area contributed by atoms with Gasteiger partial charge in [0.1, 0.15) is 0 Å². The Morgan fingerprint density at radius 3 is 2.57 bits per heavy atom. The molecule has 0 bridgehead atoms. The van der Waals surface area contributed by atoms with Crippen LogP contribution < -0.4 is 5.32 Å². The number of fused-ring (bicyclic) bond motifs is 1. The Balaban J connectivity index is 2.20. The number of hydrogen-bond donors (Lipinski definition) is 1. The molecule has 1 aliphatic rings. The molecule has 1 unspecified atom stereocenters. The Hall–Kier alpha value is -1.02. The molecule has 2 rings (SSSR count). The topological polar surface area (TPSA) is 29.1 Å². The fraction of sp³-hybridized carbons (Fsp3) is 0.611. The quantitative estimate of drug-likeness (QED) is 0.695. The van der Waals surface area contributed by atoms with Gasteiger partial charge < -0.3 is 5.32 Å². The van der Waals surface area contributed by atoms with Gasteiger partial charge in [0.25, 0.3) is 0 Å². The molecular weight excluding hydrogens is 282 g/mol. The molecule has 1 amide bonds. The number of carbonyl (C=O) groups excluding carboxylic acids is 1. The molecule has 0 aliphatic carbocycles. The van der Waals surface area contributed by atoms with E-state index in [0.717, 1.165) is 18.5 Å². The summed E-state index contributed by atoms with van der Waals surface area (Å²) in [6, 6.07) is 6.32. The van der Waals surface area contributed by atoms with Crippen LogP contribution in [0, 0.1) is 5.92 Å². The number of carbonyl (C=O) groups is 1. The molecule has 0 saturated carbocycles. The SMILES string of the molecule is CCCC(CCC)C(Cl)c1ccc2c(c1)CCCC(=O)N2. The number of alkyl halides is 1. The Morgan fingerprint density at radius 2 is 1.90 bits per heavy atom. The van der Waals surface area contributed by atoms with Gasteiger partial charge in [-0.15, -0.1) is 11.6 Å². The van der Waals surface area contributed by atoms with Crippen molar-refractivity contribution in [3.8, 4) is 0 Å². The van der Waals surface area contributed by atoms with E-state index in [9.17, 15) is 4.79 Å². The third-order valence-electron chi connectivity index (χ3n) is 4.30. The van der Waals surface area contributed by atoms with Crippen LogP contribution in [0.25, 0.3) is 0 Å². The standard InChI is InChI=1S/C18H26ClNO/c1-3-6-13(7-4-2)18(19)15-10-11-16-14(12-15)8-5-9-17(21)20-16/h10-13,18H,3-9H2,1-2H3,(H,20,21). The first-order chi connectivity index (χ1) is 10.2. The van der Waals surface area contributed by atoms with Gasteiger partial charge in [0.2, 0.25) is 5.91 Å². The second kappa shape index (κ2) is 7.84. The van der Waals surface area contributed by atoms with Crippen molar-refractivity contribution in [3.05, 3.63) is 29.3 Å². The number of amides is 1. The molecule has 3 heteroatoms. The van der Waals surface area contributed by atoms with E-state index in [0.29, 0.717) is 12.3 Å². The maximum atomic E-state index is 11.6. The number of nitrogens with one attached hydrogen (secondary N) is 1. The molecular formula is C18H26ClNO. The van der Waals surface area contributed by atoms with E-state index in [1.54, 1.807) is 0 Å². The number of benzene rings is 1. The summed E-state index contributed by atoms with van der Waals surface area (Å²) in [5, 5.41) is 3.06. The predicted molar refractivity (Wildman–Crippen MR) is 89.9 cm³/mol. The molecule has 116 valence electrons. The Labute approximate surface area is 133 Å². The van der Waals surface area contributed by atoms with Gasteiger partial charge in [-0.05, 0) is 48.8 Å². The molecule has 21 heavy (non-hydrogen) atoms. The van der Waals surface area contributed by atoms with E-state index in [-0.39, 0.29) is 11.3 Å². The number of hydrogen-bond acceptors (Lipinski definition) is 1. The minimum Gasteiger partial charge on any atom is -0.326 e. The minimum atomic E-state index is 0.0779. The molecule has 0 spiro atoms. The maximum absolute atomic E-state index is 11.6. The summed E-state index contributed by atoms with van der Waals surface area (Å²) in [7, 11) is 0. The molecule has 0 aromatic heterocycles. The van der Waals surface area contributed by atoms with Crippen molar-refractivity contribution < 1.29 is 4.79 Å². The summed E-state index contributed by atoms with van der Waals surface area (Å²) in [5.74, 6) is 0.666. The monoisotopic (exact) mass is 307 g/mol. The van der Waals surface area contributed by atoms with Gasteiger partial charge in [-0.1, -0.05) is 38.8 Å². The van der Waals surface area contributed by atoms with Crippen molar-refractivity contribution in [2.24, 2.45) is 5.92 Å². The van der Waals surface area contributed by atoms with Crippen LogP contribution in [0.5, 0.6) is 0 Å². The number of rotatable bonds is 6. The number of aryl methyl sites for hydroxylation is 1. The summed E-state index contributed by atoms with van der Waals surface area (Å²) in [6.07, 6.45) is 7.19. The number of anilines is 1. The first-order valence-electron chi connectivity index (χ1n) is 8.22. The van der Waals surface area contributed by atoms with Crippen molar-refractivity contribution in [2.45, 2.75) is 64.2 Å². The van der Waals surface area contributed by atoms with Gasteiger partial charge >= 0.3 is 0 Å². The summed E-state index contributed by atoms with van der Waals surface area (Å²) < 4.78 is 0. The smallest absolute Gasteiger partial charge is 0.224 e. The lowest BCUT2D eigenvalue weighted by Gasteiger charge is -2.22. The zero-order valence-electron chi connectivity index (χ0n) is 13.1. The van der Waals surface area contributed by atoms with Crippen LogP contribution in [0.4, 0.5) is 5.69 Å². The van der Waals surface area contributed by atoms with Crippen molar-refractivity contribution in [1.82, 2.24) is 0 Å². The van der Waals surface area contributed by atoms with Crippen molar-refractivity contribution >= 4 is 23.2 Å². The lowest BCUT2D eigenvalue weighted by atomic mass is 9.89. The summed E-state index contributed by atoms with van der Waals surface area (Å²) in [4.78, 5) is 11.6. The Morgan fingerprint density at radius 1 is 1.19 bits per heavy atom. The second-order valence-corrected chi connectivity index (χ2v) is 6.53. The van der Waals surface area contributed by atoms with Crippen LogP contribution in [-0.2, 0) is 11.2 Å². The molecule has 1 atom stereocenters. The van der Waals surface area contributed by atoms with Crippen molar-refractivity contribution in [1.29, 1.82) is 0 Å². The summed E-state index contributed by atoms with van der Waals surface area (Å²) in [5.41, 5.74) is 3.40. The molecule has 0 saturated heterocycles. The highest BCUT2D eigenvalue weighted by Crippen LogP contribution is 2.37. The van der Waals surface area contributed by atoms with Crippen LogP contribution in [0.2, 0.25) is 0 Å². The minimum absolute atomic E-state index is 0.0779. The average Bonchev–Trinajstić information content (AvgIpc) is 2.66. The van der Waals surface area contributed by atoms with Crippen LogP contribution >= 0.6 is 11.6 Å². The molecule has 1 N–H and O–H groups in total.